The minimum absolute atomic E-state index is 0. The standard InChI is InChI=1S/C21H24N2O3.2ClH.H2O/c1-20(2,22)18(24)12-5-7-16-14(9-12)11-15-10-13(6-8-17(15)26-16)19(25)21(3,4)23;;;/h5-10H,11,22-23H2,1-4H3;2*1H;1H2. The number of carbonyl (C=O) groups is 2. The van der Waals surface area contributed by atoms with Crippen LogP contribution in [0.4, 0.5) is 0 Å². The Kier molecular flexibility index (Phi) is 8.61. The number of rotatable bonds is 4. The van der Waals surface area contributed by atoms with Gasteiger partial charge in [-0.05, 0) is 64.1 Å². The summed E-state index contributed by atoms with van der Waals surface area (Å²) in [5.74, 6) is 1.17. The topological polar surface area (TPSA) is 127 Å². The molecule has 2 aromatic rings. The van der Waals surface area contributed by atoms with Crippen molar-refractivity contribution < 1.29 is 19.8 Å². The Morgan fingerprint density at radius 2 is 1.14 bits per heavy atom. The van der Waals surface area contributed by atoms with Crippen molar-refractivity contribution in [2.45, 2.75) is 45.2 Å². The summed E-state index contributed by atoms with van der Waals surface area (Å²) in [5.41, 5.74) is 12.9. The largest absolute Gasteiger partial charge is 0.457 e. The molecule has 0 atom stereocenters. The quantitative estimate of drug-likeness (QED) is 0.599. The van der Waals surface area contributed by atoms with Gasteiger partial charge >= 0.3 is 0 Å². The van der Waals surface area contributed by atoms with Gasteiger partial charge in [0, 0.05) is 28.7 Å². The highest BCUT2D eigenvalue weighted by atomic mass is 35.5. The molecule has 1 heterocycles. The number of fused-ring (bicyclic) bond motifs is 2. The Hall–Kier alpha value is -1.96. The normalized spacial score (nSPS) is 12.1. The van der Waals surface area contributed by atoms with Gasteiger partial charge in [0.05, 0.1) is 11.1 Å². The van der Waals surface area contributed by atoms with E-state index in [0.717, 1.165) is 11.1 Å². The lowest BCUT2D eigenvalue weighted by atomic mass is 9.89. The first-order valence-electron chi connectivity index (χ1n) is 8.58. The maximum Gasteiger partial charge on any atom is 0.182 e. The molecule has 6 nitrogen and oxygen atoms in total. The first-order valence-corrected chi connectivity index (χ1v) is 8.58. The third-order valence-electron chi connectivity index (χ3n) is 4.42. The van der Waals surface area contributed by atoms with E-state index >= 15 is 0 Å². The number of hydrogen-bond acceptors (Lipinski definition) is 5. The van der Waals surface area contributed by atoms with Crippen molar-refractivity contribution in [1.82, 2.24) is 0 Å². The molecule has 1 aliphatic heterocycles. The number of halogens is 2. The first-order chi connectivity index (χ1) is 12.0. The average molecular weight is 443 g/mol. The third kappa shape index (κ3) is 5.56. The molecular weight excluding hydrogens is 415 g/mol. The first kappa shape index (κ1) is 27.0. The molecule has 29 heavy (non-hydrogen) atoms. The van der Waals surface area contributed by atoms with Crippen molar-refractivity contribution in [1.29, 1.82) is 0 Å². The number of carbonyl (C=O) groups excluding carboxylic acids is 2. The molecule has 3 rings (SSSR count). The molecule has 1 aliphatic rings. The summed E-state index contributed by atoms with van der Waals surface area (Å²) in [6.07, 6.45) is 0.572. The van der Waals surface area contributed by atoms with Crippen molar-refractivity contribution in [3.8, 4) is 11.5 Å². The lowest BCUT2D eigenvalue weighted by Crippen LogP contribution is -2.41. The highest BCUT2D eigenvalue weighted by Gasteiger charge is 2.27. The summed E-state index contributed by atoms with van der Waals surface area (Å²) in [4.78, 5) is 24.9. The summed E-state index contributed by atoms with van der Waals surface area (Å²) < 4.78 is 5.93. The molecule has 160 valence electrons. The summed E-state index contributed by atoms with van der Waals surface area (Å²) in [7, 11) is 0. The number of hydrogen-bond donors (Lipinski definition) is 2. The monoisotopic (exact) mass is 442 g/mol. The van der Waals surface area contributed by atoms with E-state index < -0.39 is 11.1 Å². The van der Waals surface area contributed by atoms with Crippen LogP contribution in [0.2, 0.25) is 0 Å². The van der Waals surface area contributed by atoms with Gasteiger partial charge in [-0.2, -0.15) is 0 Å². The van der Waals surface area contributed by atoms with E-state index in [1.807, 2.05) is 12.1 Å². The van der Waals surface area contributed by atoms with Crippen LogP contribution in [0, 0.1) is 0 Å². The molecule has 2 aromatic carbocycles. The molecule has 0 aromatic heterocycles. The Morgan fingerprint density at radius 1 is 0.793 bits per heavy atom. The second kappa shape index (κ2) is 9.24. The summed E-state index contributed by atoms with van der Waals surface area (Å²) in [6.45, 7) is 6.75. The molecule has 0 spiro atoms. The molecule has 8 heteroatoms. The fourth-order valence-electron chi connectivity index (χ4n) is 2.98. The Balaban J connectivity index is 0.00000261. The van der Waals surface area contributed by atoms with E-state index in [0.29, 0.717) is 29.0 Å². The number of benzene rings is 2. The predicted octanol–water partition coefficient (Wildman–Crippen LogP) is 3.24. The van der Waals surface area contributed by atoms with Crippen LogP contribution in [0.5, 0.6) is 11.5 Å². The fraction of sp³-hybridized carbons (Fsp3) is 0.333. The van der Waals surface area contributed by atoms with E-state index in [9.17, 15) is 9.59 Å². The van der Waals surface area contributed by atoms with E-state index in [1.54, 1.807) is 52.0 Å². The molecule has 0 saturated heterocycles. The summed E-state index contributed by atoms with van der Waals surface area (Å²) in [6, 6.07) is 10.7. The number of Topliss-reactive ketones (excluding diaryl/α,β-unsaturated/α-hetero) is 2. The minimum atomic E-state index is -0.937. The molecule has 6 N–H and O–H groups in total. The summed E-state index contributed by atoms with van der Waals surface area (Å²) >= 11 is 0. The van der Waals surface area contributed by atoms with E-state index in [1.165, 1.54) is 0 Å². The van der Waals surface area contributed by atoms with Crippen LogP contribution in [0.3, 0.4) is 0 Å². The summed E-state index contributed by atoms with van der Waals surface area (Å²) in [5, 5.41) is 0. The molecular formula is C21H28Cl2N2O4. The molecule has 0 bridgehead atoms. The van der Waals surface area contributed by atoms with E-state index in [4.69, 9.17) is 16.2 Å². The SMILES string of the molecule is CC(C)(N)C(=O)c1ccc2c(c1)Cc1cc(C(=O)C(C)(C)N)ccc1O2.Cl.Cl.O. The van der Waals surface area contributed by atoms with Crippen molar-refractivity contribution in [3.63, 3.8) is 0 Å². The van der Waals surface area contributed by atoms with Crippen LogP contribution in [0.25, 0.3) is 0 Å². The average Bonchev–Trinajstić information content (AvgIpc) is 2.56. The Labute approximate surface area is 183 Å². The molecule has 0 saturated carbocycles. The molecule has 0 fully saturated rings. The van der Waals surface area contributed by atoms with Gasteiger partial charge in [-0.3, -0.25) is 9.59 Å². The van der Waals surface area contributed by atoms with Crippen molar-refractivity contribution in [2.75, 3.05) is 0 Å². The molecule has 0 amide bonds. The number of ketones is 2. The number of ether oxygens (including phenoxy) is 1. The van der Waals surface area contributed by atoms with Crippen LogP contribution in [0.15, 0.2) is 36.4 Å². The van der Waals surface area contributed by atoms with Crippen molar-refractivity contribution in [2.24, 2.45) is 11.5 Å². The Morgan fingerprint density at radius 3 is 1.45 bits per heavy atom. The maximum atomic E-state index is 12.4. The fourth-order valence-corrected chi connectivity index (χ4v) is 2.98. The van der Waals surface area contributed by atoms with Gasteiger partial charge in [-0.25, -0.2) is 0 Å². The lowest BCUT2D eigenvalue weighted by Gasteiger charge is -2.24. The van der Waals surface area contributed by atoms with E-state index in [-0.39, 0.29) is 41.9 Å². The zero-order valence-corrected chi connectivity index (χ0v) is 18.5. The zero-order valence-electron chi connectivity index (χ0n) is 16.9. The van der Waals surface area contributed by atoms with Gasteiger partial charge < -0.3 is 21.7 Å². The van der Waals surface area contributed by atoms with Gasteiger partial charge in [0.25, 0.3) is 0 Å². The smallest absolute Gasteiger partial charge is 0.182 e. The van der Waals surface area contributed by atoms with Gasteiger partial charge in [0.2, 0.25) is 0 Å². The molecule has 0 unspecified atom stereocenters. The van der Waals surface area contributed by atoms with Gasteiger partial charge in [0.15, 0.2) is 11.6 Å². The lowest BCUT2D eigenvalue weighted by molar-refractivity contribution is 0.0907. The maximum absolute atomic E-state index is 12.4. The van der Waals surface area contributed by atoms with Gasteiger partial charge in [-0.1, -0.05) is 0 Å². The van der Waals surface area contributed by atoms with Crippen LogP contribution < -0.4 is 16.2 Å². The van der Waals surface area contributed by atoms with Crippen LogP contribution in [0.1, 0.15) is 59.5 Å². The van der Waals surface area contributed by atoms with Gasteiger partial charge in [-0.15, -0.1) is 24.8 Å². The van der Waals surface area contributed by atoms with Crippen LogP contribution >= 0.6 is 24.8 Å². The van der Waals surface area contributed by atoms with E-state index in [2.05, 4.69) is 0 Å². The highest BCUT2D eigenvalue weighted by molar-refractivity contribution is 6.03. The Bertz CT molecular complexity index is 842. The minimum Gasteiger partial charge on any atom is -0.457 e. The molecule has 0 aliphatic carbocycles. The van der Waals surface area contributed by atoms with Crippen molar-refractivity contribution in [3.05, 3.63) is 58.7 Å². The number of nitrogens with two attached hydrogens (primary N) is 2. The highest BCUT2D eigenvalue weighted by Crippen LogP contribution is 2.38. The second-order valence-corrected chi connectivity index (χ2v) is 8.03. The molecule has 0 radical (unpaired) electrons. The van der Waals surface area contributed by atoms with Crippen molar-refractivity contribution >= 4 is 36.4 Å². The second-order valence-electron chi connectivity index (χ2n) is 8.03. The third-order valence-corrected chi connectivity index (χ3v) is 4.42. The van der Waals surface area contributed by atoms with Crippen LogP contribution in [-0.2, 0) is 6.42 Å². The predicted molar refractivity (Wildman–Crippen MR) is 119 cm³/mol. The zero-order chi connectivity index (χ0) is 19.3. The van der Waals surface area contributed by atoms with Gasteiger partial charge in [0.1, 0.15) is 11.5 Å². The van der Waals surface area contributed by atoms with Crippen LogP contribution in [-0.4, -0.2) is 28.1 Å².